The maximum Gasteiger partial charge on any atom is 0.338 e. The zero-order valence-corrected chi connectivity index (χ0v) is 15.8. The fraction of sp³-hybridized carbons (Fsp3) is 0.368. The normalized spacial score (nSPS) is 10.9. The van der Waals surface area contributed by atoms with Crippen molar-refractivity contribution in [3.05, 3.63) is 61.8 Å². The number of nitrogens with zero attached hydrogens (tertiary/aromatic N) is 2. The molecule has 2 rings (SSSR count). The average molecular weight is 373 g/mol. The topological polar surface area (TPSA) is 113 Å². The second-order valence-electron chi connectivity index (χ2n) is 6.78. The zero-order valence-electron chi connectivity index (χ0n) is 15.8. The number of hydrogen-bond donors (Lipinski definition) is 1. The standard InChI is InChI=1S/C19H23N3O5/c1-11(2)9-22-16(20)15(17(24)21(4)19(22)26)14(23)10-27-18(25)13-7-5-12(3)6-8-13/h5-8,11H,9-10,20H2,1-4H3. The Bertz CT molecular complexity index is 984. The Labute approximate surface area is 156 Å². The third-order valence-electron chi connectivity index (χ3n) is 4.03. The van der Waals surface area contributed by atoms with Crippen molar-refractivity contribution < 1.29 is 14.3 Å². The largest absolute Gasteiger partial charge is 0.454 e. The first-order valence-corrected chi connectivity index (χ1v) is 8.49. The molecule has 8 nitrogen and oxygen atoms in total. The van der Waals surface area contributed by atoms with E-state index >= 15 is 0 Å². The number of ether oxygens (including phenoxy) is 1. The van der Waals surface area contributed by atoms with Gasteiger partial charge < -0.3 is 10.5 Å². The number of ketones is 1. The molecule has 0 aliphatic rings. The van der Waals surface area contributed by atoms with E-state index in [1.54, 1.807) is 24.3 Å². The van der Waals surface area contributed by atoms with Crippen LogP contribution >= 0.6 is 0 Å². The molecule has 1 aromatic carbocycles. The Kier molecular flexibility index (Phi) is 5.99. The van der Waals surface area contributed by atoms with Gasteiger partial charge in [0.15, 0.2) is 6.61 Å². The van der Waals surface area contributed by atoms with Crippen LogP contribution in [-0.2, 0) is 18.3 Å². The van der Waals surface area contributed by atoms with E-state index in [1.165, 1.54) is 11.6 Å². The summed E-state index contributed by atoms with van der Waals surface area (Å²) in [5, 5.41) is 0. The molecule has 1 aromatic heterocycles. The van der Waals surface area contributed by atoms with Gasteiger partial charge in [-0.25, -0.2) is 9.59 Å². The SMILES string of the molecule is Cc1ccc(C(=O)OCC(=O)c2c(N)n(CC(C)C)c(=O)n(C)c2=O)cc1. The van der Waals surface area contributed by atoms with Crippen LogP contribution < -0.4 is 17.0 Å². The van der Waals surface area contributed by atoms with E-state index in [2.05, 4.69) is 0 Å². The van der Waals surface area contributed by atoms with E-state index in [-0.39, 0.29) is 23.8 Å². The molecule has 27 heavy (non-hydrogen) atoms. The Morgan fingerprint density at radius 3 is 2.30 bits per heavy atom. The number of hydrogen-bond acceptors (Lipinski definition) is 6. The second-order valence-corrected chi connectivity index (χ2v) is 6.78. The summed E-state index contributed by atoms with van der Waals surface area (Å²) in [4.78, 5) is 49.1. The van der Waals surface area contributed by atoms with Gasteiger partial charge in [-0.2, -0.15) is 0 Å². The molecule has 1 heterocycles. The van der Waals surface area contributed by atoms with E-state index in [1.807, 2.05) is 20.8 Å². The third-order valence-corrected chi connectivity index (χ3v) is 4.03. The Hall–Kier alpha value is -3.16. The van der Waals surface area contributed by atoms with E-state index in [0.717, 1.165) is 10.1 Å². The highest BCUT2D eigenvalue weighted by atomic mass is 16.5. The summed E-state index contributed by atoms with van der Waals surface area (Å²) in [6.45, 7) is 5.24. The van der Waals surface area contributed by atoms with Crippen molar-refractivity contribution in [1.82, 2.24) is 9.13 Å². The molecule has 0 saturated carbocycles. The summed E-state index contributed by atoms with van der Waals surface area (Å²) in [7, 11) is 1.27. The first-order chi connectivity index (χ1) is 12.6. The second kappa shape index (κ2) is 8.03. The van der Waals surface area contributed by atoms with Gasteiger partial charge in [0.2, 0.25) is 5.78 Å². The fourth-order valence-electron chi connectivity index (χ4n) is 2.56. The number of carbonyl (C=O) groups excluding carboxylic acids is 2. The molecule has 0 bridgehead atoms. The number of Topliss-reactive ketones (excluding diaryl/α,β-unsaturated/α-hetero) is 1. The van der Waals surface area contributed by atoms with Gasteiger partial charge in [0, 0.05) is 13.6 Å². The van der Waals surface area contributed by atoms with Gasteiger partial charge in [0.25, 0.3) is 5.56 Å². The molecule has 2 N–H and O–H groups in total. The monoisotopic (exact) mass is 373 g/mol. The quantitative estimate of drug-likeness (QED) is 0.600. The molecule has 0 aliphatic carbocycles. The molecule has 0 radical (unpaired) electrons. The van der Waals surface area contributed by atoms with Crippen LogP contribution in [0.5, 0.6) is 0 Å². The number of anilines is 1. The van der Waals surface area contributed by atoms with Gasteiger partial charge in [-0.15, -0.1) is 0 Å². The number of aryl methyl sites for hydroxylation is 1. The molecule has 0 unspecified atom stereocenters. The van der Waals surface area contributed by atoms with Crippen LogP contribution in [0.2, 0.25) is 0 Å². The van der Waals surface area contributed by atoms with Crippen molar-refractivity contribution in [2.45, 2.75) is 27.3 Å². The van der Waals surface area contributed by atoms with Crippen molar-refractivity contribution in [2.24, 2.45) is 13.0 Å². The first kappa shape index (κ1) is 20.2. The summed E-state index contributed by atoms with van der Waals surface area (Å²) >= 11 is 0. The first-order valence-electron chi connectivity index (χ1n) is 8.49. The minimum atomic E-state index is -0.811. The maximum absolute atomic E-state index is 12.5. The number of rotatable bonds is 6. The maximum atomic E-state index is 12.5. The van der Waals surface area contributed by atoms with E-state index in [4.69, 9.17) is 10.5 Å². The van der Waals surface area contributed by atoms with Crippen molar-refractivity contribution in [3.63, 3.8) is 0 Å². The highest BCUT2D eigenvalue weighted by molar-refractivity contribution is 6.02. The highest BCUT2D eigenvalue weighted by Crippen LogP contribution is 2.10. The number of nitrogen functional groups attached to an aromatic ring is 1. The van der Waals surface area contributed by atoms with Gasteiger partial charge in [-0.1, -0.05) is 31.5 Å². The summed E-state index contributed by atoms with van der Waals surface area (Å²) in [5.74, 6) is -1.58. The van der Waals surface area contributed by atoms with Gasteiger partial charge in [-0.05, 0) is 25.0 Å². The minimum Gasteiger partial charge on any atom is -0.454 e. The van der Waals surface area contributed by atoms with Crippen molar-refractivity contribution >= 4 is 17.6 Å². The van der Waals surface area contributed by atoms with E-state index in [0.29, 0.717) is 5.56 Å². The summed E-state index contributed by atoms with van der Waals surface area (Å²) in [6.07, 6.45) is 0. The Morgan fingerprint density at radius 1 is 1.15 bits per heavy atom. The fourth-order valence-corrected chi connectivity index (χ4v) is 2.56. The van der Waals surface area contributed by atoms with E-state index < -0.39 is 29.6 Å². The van der Waals surface area contributed by atoms with Crippen LogP contribution in [-0.4, -0.2) is 27.5 Å². The van der Waals surface area contributed by atoms with Crippen LogP contribution in [0.15, 0.2) is 33.9 Å². The molecule has 8 heteroatoms. The van der Waals surface area contributed by atoms with E-state index in [9.17, 15) is 19.2 Å². The molecule has 0 amide bonds. The van der Waals surface area contributed by atoms with Crippen LogP contribution in [0, 0.1) is 12.8 Å². The van der Waals surface area contributed by atoms with Gasteiger partial charge in [-0.3, -0.25) is 18.7 Å². The summed E-state index contributed by atoms with van der Waals surface area (Å²) in [5.41, 5.74) is 5.43. The van der Waals surface area contributed by atoms with Crippen LogP contribution in [0.3, 0.4) is 0 Å². The van der Waals surface area contributed by atoms with Gasteiger partial charge >= 0.3 is 11.7 Å². The predicted octanol–water partition coefficient (Wildman–Crippen LogP) is 1.13. The zero-order chi connectivity index (χ0) is 20.3. The molecular weight excluding hydrogens is 350 g/mol. The van der Waals surface area contributed by atoms with Crippen LogP contribution in [0.4, 0.5) is 5.82 Å². The molecule has 0 atom stereocenters. The Morgan fingerprint density at radius 2 is 1.74 bits per heavy atom. The number of benzene rings is 1. The minimum absolute atomic E-state index is 0.0739. The molecule has 0 saturated heterocycles. The Balaban J connectivity index is 2.29. The summed E-state index contributed by atoms with van der Waals surface area (Å²) < 4.78 is 7.01. The number of esters is 1. The molecule has 144 valence electrons. The highest BCUT2D eigenvalue weighted by Gasteiger charge is 2.23. The van der Waals surface area contributed by atoms with Gasteiger partial charge in [0.1, 0.15) is 11.4 Å². The molecular formula is C19H23N3O5. The lowest BCUT2D eigenvalue weighted by molar-refractivity contribution is 0.0474. The van der Waals surface area contributed by atoms with Gasteiger partial charge in [0.05, 0.1) is 5.56 Å². The molecule has 2 aromatic rings. The summed E-state index contributed by atoms with van der Waals surface area (Å²) in [6, 6.07) is 6.65. The lowest BCUT2D eigenvalue weighted by Crippen LogP contribution is -2.43. The predicted molar refractivity (Wildman–Crippen MR) is 101 cm³/mol. The number of aromatic nitrogens is 2. The van der Waals surface area contributed by atoms with Crippen molar-refractivity contribution in [3.8, 4) is 0 Å². The number of nitrogens with two attached hydrogens (primary N) is 1. The third kappa shape index (κ3) is 4.33. The van der Waals surface area contributed by atoms with Crippen LogP contribution in [0.1, 0.15) is 40.1 Å². The molecule has 0 aliphatic heterocycles. The lowest BCUT2D eigenvalue weighted by Gasteiger charge is -2.16. The van der Waals surface area contributed by atoms with Crippen molar-refractivity contribution in [2.75, 3.05) is 12.3 Å². The molecule has 0 fully saturated rings. The van der Waals surface area contributed by atoms with Crippen molar-refractivity contribution in [1.29, 1.82) is 0 Å². The smallest absolute Gasteiger partial charge is 0.338 e. The van der Waals surface area contributed by atoms with Crippen LogP contribution in [0.25, 0.3) is 0 Å². The molecule has 0 spiro atoms. The lowest BCUT2D eigenvalue weighted by atomic mass is 10.1. The number of carbonyl (C=O) groups is 2. The average Bonchev–Trinajstić information content (AvgIpc) is 2.62.